The Morgan fingerprint density at radius 3 is 1.55 bits per heavy atom. The molecular formula is C28H27BN4. The van der Waals surface area contributed by atoms with Crippen molar-refractivity contribution in [1.82, 2.24) is 19.6 Å². The Kier molecular flexibility index (Phi) is 3.35. The highest BCUT2D eigenvalue weighted by Crippen LogP contribution is 2.35. The third-order valence-electron chi connectivity index (χ3n) is 8.17. The van der Waals surface area contributed by atoms with Crippen molar-refractivity contribution in [3.8, 4) is 11.4 Å². The molecule has 0 atom stereocenters. The zero-order valence-corrected chi connectivity index (χ0v) is 20.3. The maximum absolute atomic E-state index is 4.93. The minimum absolute atomic E-state index is 0.0203. The fourth-order valence-electron chi connectivity index (χ4n) is 6.14. The van der Waals surface area contributed by atoms with Crippen LogP contribution >= 0.6 is 0 Å². The molecule has 0 fully saturated rings. The molecule has 2 aromatic heterocycles. The Balaban J connectivity index is 1.78. The molecule has 0 saturated carbocycles. The molecule has 5 aromatic rings. The first-order chi connectivity index (χ1) is 15.7. The lowest BCUT2D eigenvalue weighted by Crippen LogP contribution is -2.61. The van der Waals surface area contributed by atoms with Crippen molar-refractivity contribution in [3.63, 3.8) is 0 Å². The van der Waals surface area contributed by atoms with Crippen LogP contribution in [0.25, 0.3) is 33.2 Å². The van der Waals surface area contributed by atoms with Crippen LogP contribution in [0.2, 0.25) is 0 Å². The summed E-state index contributed by atoms with van der Waals surface area (Å²) < 4.78 is 4.39. The van der Waals surface area contributed by atoms with E-state index in [0.29, 0.717) is 0 Å². The number of fused-ring (bicyclic) bond motifs is 4. The van der Waals surface area contributed by atoms with Gasteiger partial charge >= 0.3 is 0 Å². The number of aromatic nitrogens is 4. The lowest BCUT2D eigenvalue weighted by atomic mass is 9.32. The predicted molar refractivity (Wildman–Crippen MR) is 138 cm³/mol. The van der Waals surface area contributed by atoms with E-state index in [1.165, 1.54) is 77.4 Å². The van der Waals surface area contributed by atoms with Crippen molar-refractivity contribution < 1.29 is 0 Å². The Morgan fingerprint density at radius 2 is 1.12 bits per heavy atom. The first-order valence-corrected chi connectivity index (χ1v) is 11.8. The molecule has 0 amide bonds. The molecule has 0 bridgehead atoms. The standard InChI is InChI=1S/C28H27BN4/c1-14-8-18-12-30-32-21-10-20(28(5,6)7)11-22-25(21)29(23(16(14)3)26(18)32)24-17(4)15(2)9-19-13-31-33(22)27(19)24/h8-13H,1-7H3. The van der Waals surface area contributed by atoms with Crippen LogP contribution in [-0.2, 0) is 5.41 Å². The van der Waals surface area contributed by atoms with Gasteiger partial charge in [-0.15, -0.1) is 0 Å². The van der Waals surface area contributed by atoms with Gasteiger partial charge in [-0.25, -0.2) is 9.36 Å². The average Bonchev–Trinajstić information content (AvgIpc) is 3.37. The quantitative estimate of drug-likeness (QED) is 0.341. The molecule has 4 heterocycles. The Bertz CT molecular complexity index is 1580. The second-order valence-electron chi connectivity index (χ2n) is 11.1. The lowest BCUT2D eigenvalue weighted by Gasteiger charge is -2.35. The summed E-state index contributed by atoms with van der Waals surface area (Å²) in [5.41, 5.74) is 15.8. The van der Waals surface area contributed by atoms with Crippen LogP contribution in [0.5, 0.6) is 0 Å². The van der Waals surface area contributed by atoms with E-state index in [-0.39, 0.29) is 12.1 Å². The molecule has 4 nitrogen and oxygen atoms in total. The molecule has 7 rings (SSSR count). The van der Waals surface area contributed by atoms with Gasteiger partial charge in [0.1, 0.15) is 0 Å². The number of hydrogen-bond donors (Lipinski definition) is 0. The van der Waals surface area contributed by atoms with Crippen LogP contribution in [-0.4, -0.2) is 26.3 Å². The monoisotopic (exact) mass is 430 g/mol. The number of hydrogen-bond acceptors (Lipinski definition) is 2. The maximum atomic E-state index is 4.93. The molecule has 0 saturated heterocycles. The van der Waals surface area contributed by atoms with E-state index < -0.39 is 0 Å². The first-order valence-electron chi connectivity index (χ1n) is 11.8. The highest BCUT2D eigenvalue weighted by molar-refractivity contribution is 7.00. The van der Waals surface area contributed by atoms with E-state index in [1.54, 1.807) is 0 Å². The fraction of sp³-hybridized carbons (Fsp3) is 0.286. The molecule has 33 heavy (non-hydrogen) atoms. The summed E-state index contributed by atoms with van der Waals surface area (Å²) in [6.07, 6.45) is 4.08. The van der Waals surface area contributed by atoms with E-state index >= 15 is 0 Å². The summed E-state index contributed by atoms with van der Waals surface area (Å²) >= 11 is 0. The van der Waals surface area contributed by atoms with Crippen LogP contribution in [0.4, 0.5) is 0 Å². The number of benzene rings is 3. The zero-order chi connectivity index (χ0) is 23.0. The van der Waals surface area contributed by atoms with Crippen LogP contribution < -0.4 is 16.4 Å². The van der Waals surface area contributed by atoms with E-state index in [2.05, 4.69) is 82.1 Å². The van der Waals surface area contributed by atoms with Gasteiger partial charge in [-0.2, -0.15) is 10.2 Å². The van der Waals surface area contributed by atoms with E-state index in [1.807, 2.05) is 12.4 Å². The molecule has 0 unspecified atom stereocenters. The SMILES string of the molecule is Cc1cc2cnn3c2c(c1C)B1c2c-3cc(C(C)(C)C)cc2-n2ncc3cc(C)c(C)c1c32. The van der Waals surface area contributed by atoms with Gasteiger partial charge in [0.15, 0.2) is 0 Å². The predicted octanol–water partition coefficient (Wildman–Crippen LogP) is 4.04. The van der Waals surface area contributed by atoms with Crippen molar-refractivity contribution in [1.29, 1.82) is 0 Å². The zero-order valence-electron chi connectivity index (χ0n) is 20.3. The van der Waals surface area contributed by atoms with E-state index in [4.69, 9.17) is 10.2 Å². The minimum atomic E-state index is 0.0203. The van der Waals surface area contributed by atoms with Crippen molar-refractivity contribution in [3.05, 3.63) is 64.5 Å². The maximum Gasteiger partial charge on any atom is 0.253 e. The molecule has 0 radical (unpaired) electrons. The van der Waals surface area contributed by atoms with Gasteiger partial charge in [0.2, 0.25) is 0 Å². The fourth-order valence-corrected chi connectivity index (χ4v) is 6.14. The summed E-state index contributed by atoms with van der Waals surface area (Å²) in [4.78, 5) is 0. The molecular weight excluding hydrogens is 403 g/mol. The van der Waals surface area contributed by atoms with Gasteiger partial charge < -0.3 is 0 Å². The van der Waals surface area contributed by atoms with Crippen molar-refractivity contribution in [2.24, 2.45) is 0 Å². The molecule has 0 N–H and O–H groups in total. The van der Waals surface area contributed by atoms with Gasteiger partial charge in [-0.05, 0) is 90.5 Å². The summed E-state index contributed by atoms with van der Waals surface area (Å²) in [5.74, 6) is 0. The molecule has 5 heteroatoms. The number of nitrogens with zero attached hydrogens (tertiary/aromatic N) is 4. The van der Waals surface area contributed by atoms with Gasteiger partial charge in [0, 0.05) is 10.8 Å². The third kappa shape index (κ3) is 2.18. The summed E-state index contributed by atoms with van der Waals surface area (Å²) in [6, 6.07) is 9.33. The number of aryl methyl sites for hydroxylation is 2. The second kappa shape index (κ2) is 5.77. The Morgan fingerprint density at radius 1 is 0.667 bits per heavy atom. The summed E-state index contributed by atoms with van der Waals surface area (Å²) in [5, 5.41) is 12.3. The topological polar surface area (TPSA) is 35.6 Å². The molecule has 2 aliphatic rings. The van der Waals surface area contributed by atoms with Crippen LogP contribution in [0, 0.1) is 27.7 Å². The number of rotatable bonds is 0. The van der Waals surface area contributed by atoms with Crippen molar-refractivity contribution >= 4 is 44.9 Å². The van der Waals surface area contributed by atoms with Crippen molar-refractivity contribution in [2.75, 3.05) is 0 Å². The smallest absolute Gasteiger partial charge is 0.234 e. The second-order valence-corrected chi connectivity index (χ2v) is 11.1. The highest BCUT2D eigenvalue weighted by atomic mass is 15.3. The largest absolute Gasteiger partial charge is 0.253 e. The van der Waals surface area contributed by atoms with Crippen LogP contribution in [0.3, 0.4) is 0 Å². The molecule has 2 aliphatic heterocycles. The highest BCUT2D eigenvalue weighted by Gasteiger charge is 2.42. The van der Waals surface area contributed by atoms with E-state index in [9.17, 15) is 0 Å². The first kappa shape index (κ1) is 19.2. The van der Waals surface area contributed by atoms with Gasteiger partial charge in [0.05, 0.1) is 34.8 Å². The summed E-state index contributed by atoms with van der Waals surface area (Å²) in [7, 11) is 0. The Labute approximate surface area is 194 Å². The normalized spacial score (nSPS) is 13.8. The lowest BCUT2D eigenvalue weighted by molar-refractivity contribution is 0.589. The van der Waals surface area contributed by atoms with Gasteiger partial charge in [0.25, 0.3) is 6.71 Å². The Hall–Kier alpha value is -3.34. The minimum Gasteiger partial charge on any atom is -0.234 e. The third-order valence-corrected chi connectivity index (χ3v) is 8.17. The average molecular weight is 430 g/mol. The molecule has 162 valence electrons. The molecule has 0 aliphatic carbocycles. The van der Waals surface area contributed by atoms with Crippen LogP contribution in [0.1, 0.15) is 48.6 Å². The van der Waals surface area contributed by atoms with Crippen molar-refractivity contribution in [2.45, 2.75) is 53.9 Å². The van der Waals surface area contributed by atoms with Gasteiger partial charge in [-0.1, -0.05) is 31.9 Å². The summed E-state index contributed by atoms with van der Waals surface area (Å²) in [6.45, 7) is 16.1. The van der Waals surface area contributed by atoms with Gasteiger partial charge in [-0.3, -0.25) is 0 Å². The van der Waals surface area contributed by atoms with E-state index in [0.717, 1.165) is 0 Å². The van der Waals surface area contributed by atoms with Crippen LogP contribution in [0.15, 0.2) is 36.7 Å². The molecule has 0 spiro atoms. The molecule has 3 aromatic carbocycles.